The largest absolute Gasteiger partial charge is 0.230 e. The van der Waals surface area contributed by atoms with Crippen molar-refractivity contribution in [2.75, 3.05) is 11.6 Å². The van der Waals surface area contributed by atoms with Crippen LogP contribution < -0.4 is 0 Å². The van der Waals surface area contributed by atoms with E-state index < -0.39 is 9.84 Å². The summed E-state index contributed by atoms with van der Waals surface area (Å²) in [7, 11) is -3.24. The van der Waals surface area contributed by atoms with Gasteiger partial charge in [-0.2, -0.15) is 0 Å². The molecule has 0 aliphatic heterocycles. The first-order valence-corrected chi connectivity index (χ1v) is 7.79. The smallest absolute Gasteiger partial charge is 0.209 e. The topological polar surface area (TPSA) is 47.0 Å². The van der Waals surface area contributed by atoms with Crippen molar-refractivity contribution in [1.29, 1.82) is 0 Å². The summed E-state index contributed by atoms with van der Waals surface area (Å²) in [6.07, 6.45) is 0.761. The molecule has 0 fully saturated rings. The minimum atomic E-state index is -3.24. The second-order valence-corrected chi connectivity index (χ2v) is 6.87. The molecule has 1 aromatic heterocycles. The third-order valence-electron chi connectivity index (χ3n) is 1.93. The van der Waals surface area contributed by atoms with Crippen LogP contribution in [0.1, 0.15) is 19.5 Å². The molecule has 1 rings (SSSR count). The van der Waals surface area contributed by atoms with Crippen molar-refractivity contribution < 1.29 is 8.42 Å². The Morgan fingerprint density at radius 2 is 2.27 bits per heavy atom. The van der Waals surface area contributed by atoms with Gasteiger partial charge in [0.15, 0.2) is 0 Å². The first-order valence-electron chi connectivity index (χ1n) is 4.72. The number of alkyl halides is 1. The molecule has 0 amide bonds. The Balaban J connectivity index is 2.86. The van der Waals surface area contributed by atoms with E-state index in [0.717, 1.165) is 12.1 Å². The van der Waals surface area contributed by atoms with E-state index in [4.69, 9.17) is 11.6 Å². The molecule has 0 saturated heterocycles. The van der Waals surface area contributed by atoms with Gasteiger partial charge in [0.1, 0.15) is 0 Å². The van der Waals surface area contributed by atoms with Crippen LogP contribution in [0.5, 0.6) is 0 Å². The van der Waals surface area contributed by atoms with Crippen molar-refractivity contribution in [1.82, 2.24) is 4.98 Å². The maximum absolute atomic E-state index is 11.8. The number of aryl methyl sites for hydroxylation is 1. The van der Waals surface area contributed by atoms with Crippen molar-refractivity contribution >= 4 is 32.8 Å². The summed E-state index contributed by atoms with van der Waals surface area (Å²) in [5.74, 6) is 0.393. The fourth-order valence-electron chi connectivity index (χ4n) is 1.08. The van der Waals surface area contributed by atoms with Crippen molar-refractivity contribution in [3.63, 3.8) is 0 Å². The summed E-state index contributed by atoms with van der Waals surface area (Å²) in [5, 5.41) is 1.79. The molecule has 15 heavy (non-hydrogen) atoms. The number of nitrogens with zero attached hydrogens (tertiary/aromatic N) is 1. The Labute approximate surface area is 99.4 Å². The van der Waals surface area contributed by atoms with Crippen LogP contribution in [0.25, 0.3) is 0 Å². The molecule has 6 heteroatoms. The summed E-state index contributed by atoms with van der Waals surface area (Å²) in [4.78, 5) is 4.08. The van der Waals surface area contributed by atoms with Crippen LogP contribution in [0, 0.1) is 5.92 Å². The Kier molecular flexibility index (Phi) is 4.55. The molecule has 0 aromatic carbocycles. The highest BCUT2D eigenvalue weighted by Crippen LogP contribution is 2.19. The Morgan fingerprint density at radius 3 is 2.73 bits per heavy atom. The van der Waals surface area contributed by atoms with Gasteiger partial charge in [-0.05, 0) is 12.3 Å². The molecule has 0 saturated carbocycles. The summed E-state index contributed by atoms with van der Waals surface area (Å²) in [5.41, 5.74) is 0.831. The molecular weight excluding hydrogens is 254 g/mol. The highest BCUT2D eigenvalue weighted by atomic mass is 35.5. The summed E-state index contributed by atoms with van der Waals surface area (Å²) >= 11 is 6.79. The number of halogens is 1. The lowest BCUT2D eigenvalue weighted by molar-refractivity contribution is 0.582. The van der Waals surface area contributed by atoms with Crippen LogP contribution in [-0.2, 0) is 16.3 Å². The van der Waals surface area contributed by atoms with E-state index in [2.05, 4.69) is 4.98 Å². The monoisotopic (exact) mass is 267 g/mol. The zero-order valence-corrected chi connectivity index (χ0v) is 11.1. The predicted octanol–water partition coefficient (Wildman–Crippen LogP) is 2.35. The molecule has 1 atom stereocenters. The number of rotatable bonds is 5. The molecule has 1 unspecified atom stereocenters. The lowest BCUT2D eigenvalue weighted by Gasteiger charge is -2.05. The standard InChI is InChI=1S/C9H14ClNO2S2/c1-3-8-5-14-9(11-8)15(12,13)6-7(2)4-10/h5,7H,3-4,6H2,1-2H3. The van der Waals surface area contributed by atoms with Crippen molar-refractivity contribution in [3.8, 4) is 0 Å². The minimum Gasteiger partial charge on any atom is -0.230 e. The van der Waals surface area contributed by atoms with E-state index in [0.29, 0.717) is 5.88 Å². The molecule has 0 radical (unpaired) electrons. The average Bonchev–Trinajstić information content (AvgIpc) is 2.65. The zero-order valence-electron chi connectivity index (χ0n) is 8.73. The first-order chi connectivity index (χ1) is 6.99. The second-order valence-electron chi connectivity index (χ2n) is 3.50. The fourth-order valence-corrected chi connectivity index (χ4v) is 4.15. The molecule has 0 N–H and O–H groups in total. The van der Waals surface area contributed by atoms with Crippen molar-refractivity contribution in [2.45, 2.75) is 24.6 Å². The van der Waals surface area contributed by atoms with E-state index in [1.54, 1.807) is 5.38 Å². The normalized spacial score (nSPS) is 14.1. The van der Waals surface area contributed by atoms with Crippen molar-refractivity contribution in [3.05, 3.63) is 11.1 Å². The van der Waals surface area contributed by atoms with Crippen LogP contribution in [0.3, 0.4) is 0 Å². The lowest BCUT2D eigenvalue weighted by Crippen LogP contribution is -2.15. The van der Waals surface area contributed by atoms with Gasteiger partial charge in [-0.1, -0.05) is 13.8 Å². The molecular formula is C9H14ClNO2S2. The molecule has 0 aliphatic rings. The molecule has 86 valence electrons. The summed E-state index contributed by atoms with van der Waals surface area (Å²) in [6.45, 7) is 3.77. The van der Waals surface area contributed by atoms with Gasteiger partial charge in [-0.3, -0.25) is 0 Å². The van der Waals surface area contributed by atoms with Gasteiger partial charge in [0.05, 0.1) is 11.4 Å². The Bertz CT molecular complexity index is 414. The Hall–Kier alpha value is -0.130. The van der Waals surface area contributed by atoms with Crippen LogP contribution in [0.2, 0.25) is 0 Å². The number of hydrogen-bond acceptors (Lipinski definition) is 4. The molecule has 1 heterocycles. The van der Waals surface area contributed by atoms with Crippen LogP contribution in [0.4, 0.5) is 0 Å². The highest BCUT2D eigenvalue weighted by Gasteiger charge is 2.21. The molecule has 3 nitrogen and oxygen atoms in total. The van der Waals surface area contributed by atoms with Gasteiger partial charge in [-0.25, -0.2) is 13.4 Å². The van der Waals surface area contributed by atoms with Gasteiger partial charge < -0.3 is 0 Å². The number of hydrogen-bond donors (Lipinski definition) is 0. The number of aromatic nitrogens is 1. The molecule has 0 bridgehead atoms. The third-order valence-corrected chi connectivity index (χ3v) is 5.82. The van der Waals surface area contributed by atoms with Crippen LogP contribution in [-0.4, -0.2) is 25.0 Å². The average molecular weight is 268 g/mol. The van der Waals surface area contributed by atoms with Gasteiger partial charge in [-0.15, -0.1) is 22.9 Å². The highest BCUT2D eigenvalue weighted by molar-refractivity contribution is 7.93. The van der Waals surface area contributed by atoms with E-state index >= 15 is 0 Å². The molecule has 0 spiro atoms. The number of sulfone groups is 1. The minimum absolute atomic E-state index is 0.0364. The third kappa shape index (κ3) is 3.43. The van der Waals surface area contributed by atoms with Gasteiger partial charge >= 0.3 is 0 Å². The SMILES string of the molecule is CCc1csc(S(=O)(=O)CC(C)CCl)n1. The van der Waals surface area contributed by atoms with Crippen LogP contribution in [0.15, 0.2) is 9.72 Å². The Morgan fingerprint density at radius 1 is 1.60 bits per heavy atom. The van der Waals surface area contributed by atoms with Gasteiger partial charge in [0.2, 0.25) is 14.2 Å². The summed E-state index contributed by atoms with van der Waals surface area (Å²) < 4.78 is 23.9. The lowest BCUT2D eigenvalue weighted by atomic mass is 10.3. The maximum atomic E-state index is 11.8. The second kappa shape index (κ2) is 5.27. The van der Waals surface area contributed by atoms with E-state index in [1.807, 2.05) is 13.8 Å². The fraction of sp³-hybridized carbons (Fsp3) is 0.667. The van der Waals surface area contributed by atoms with Crippen LogP contribution >= 0.6 is 22.9 Å². The van der Waals surface area contributed by atoms with Gasteiger partial charge in [0, 0.05) is 11.3 Å². The predicted molar refractivity (Wildman–Crippen MR) is 63.4 cm³/mol. The summed E-state index contributed by atoms with van der Waals surface area (Å²) in [6, 6.07) is 0. The first kappa shape index (κ1) is 12.9. The van der Waals surface area contributed by atoms with Gasteiger partial charge in [0.25, 0.3) is 0 Å². The van der Waals surface area contributed by atoms with E-state index in [-0.39, 0.29) is 16.0 Å². The molecule has 1 aromatic rings. The van der Waals surface area contributed by atoms with E-state index in [9.17, 15) is 8.42 Å². The van der Waals surface area contributed by atoms with Crippen molar-refractivity contribution in [2.24, 2.45) is 5.92 Å². The zero-order chi connectivity index (χ0) is 11.5. The van der Waals surface area contributed by atoms with E-state index in [1.165, 1.54) is 11.3 Å². The maximum Gasteiger partial charge on any atom is 0.209 e. The number of thiazole rings is 1. The molecule has 0 aliphatic carbocycles. The quantitative estimate of drug-likeness (QED) is 0.770.